The van der Waals surface area contributed by atoms with Crippen LogP contribution in [0.5, 0.6) is 0 Å². The summed E-state index contributed by atoms with van der Waals surface area (Å²) in [6, 6.07) is 1.85. The average Bonchev–Trinajstić information content (AvgIpc) is 2.81. The van der Waals surface area contributed by atoms with E-state index < -0.39 is 5.97 Å². The zero-order valence-corrected chi connectivity index (χ0v) is 10.4. The Morgan fingerprint density at radius 3 is 2.76 bits per heavy atom. The second-order valence-electron chi connectivity index (χ2n) is 4.35. The number of anilines is 1. The summed E-state index contributed by atoms with van der Waals surface area (Å²) < 4.78 is 0. The lowest BCUT2D eigenvalue weighted by Crippen LogP contribution is -2.30. The minimum Gasteiger partial charge on any atom is -0.478 e. The lowest BCUT2D eigenvalue weighted by molar-refractivity contribution is 0.0697. The van der Waals surface area contributed by atoms with E-state index in [2.05, 4.69) is 4.98 Å². The highest BCUT2D eigenvalue weighted by Gasteiger charge is 2.24. The molecule has 0 aliphatic heterocycles. The van der Waals surface area contributed by atoms with Crippen LogP contribution in [-0.2, 0) is 0 Å². The third-order valence-electron chi connectivity index (χ3n) is 3.31. The molecule has 1 N–H and O–H groups in total. The first-order chi connectivity index (χ1) is 8.11. The summed E-state index contributed by atoms with van der Waals surface area (Å²) in [4.78, 5) is 17.2. The monoisotopic (exact) mass is 254 g/mol. The number of rotatable bonds is 3. The molecule has 0 amide bonds. The van der Waals surface area contributed by atoms with Crippen molar-refractivity contribution in [1.29, 1.82) is 0 Å². The molecule has 1 aromatic heterocycles. The topological polar surface area (TPSA) is 53.4 Å². The van der Waals surface area contributed by atoms with Crippen LogP contribution in [0, 0.1) is 0 Å². The second kappa shape index (κ2) is 4.92. The zero-order valence-electron chi connectivity index (χ0n) is 9.69. The molecule has 0 spiro atoms. The van der Waals surface area contributed by atoms with Crippen LogP contribution >= 0.6 is 11.6 Å². The number of pyridine rings is 1. The molecule has 4 nitrogen and oxygen atoms in total. The van der Waals surface area contributed by atoms with Crippen molar-refractivity contribution in [2.45, 2.75) is 31.7 Å². The molecule has 1 heterocycles. The summed E-state index contributed by atoms with van der Waals surface area (Å²) in [6.07, 6.45) is 6.16. The molecule has 92 valence electrons. The first-order valence-electron chi connectivity index (χ1n) is 5.72. The maximum atomic E-state index is 11.0. The van der Waals surface area contributed by atoms with Gasteiger partial charge in [-0.2, -0.15) is 0 Å². The van der Waals surface area contributed by atoms with Crippen LogP contribution in [-0.4, -0.2) is 29.1 Å². The molecule has 2 rings (SSSR count). The van der Waals surface area contributed by atoms with E-state index in [9.17, 15) is 4.79 Å². The second-order valence-corrected chi connectivity index (χ2v) is 4.73. The number of carboxylic acid groups (broad SMARTS) is 1. The predicted molar refractivity (Wildman–Crippen MR) is 66.9 cm³/mol. The first kappa shape index (κ1) is 12.2. The van der Waals surface area contributed by atoms with Crippen molar-refractivity contribution in [3.8, 4) is 0 Å². The fourth-order valence-electron chi connectivity index (χ4n) is 2.31. The lowest BCUT2D eigenvalue weighted by Gasteiger charge is -2.26. The molecule has 1 aliphatic rings. The van der Waals surface area contributed by atoms with Crippen LogP contribution in [0.25, 0.3) is 0 Å². The molecule has 5 heteroatoms. The summed E-state index contributed by atoms with van der Waals surface area (Å²) >= 11 is 6.09. The molecule has 0 aromatic carbocycles. The number of halogens is 1. The third kappa shape index (κ3) is 2.36. The number of hydrogen-bond acceptors (Lipinski definition) is 3. The van der Waals surface area contributed by atoms with Gasteiger partial charge in [0, 0.05) is 19.3 Å². The normalized spacial score (nSPS) is 16.1. The molecule has 1 fully saturated rings. The van der Waals surface area contributed by atoms with E-state index in [0.717, 1.165) is 12.8 Å². The number of carboxylic acids is 1. The van der Waals surface area contributed by atoms with Gasteiger partial charge in [0.05, 0.1) is 10.6 Å². The van der Waals surface area contributed by atoms with Crippen LogP contribution in [0.4, 0.5) is 5.82 Å². The van der Waals surface area contributed by atoms with E-state index in [1.165, 1.54) is 25.1 Å². The van der Waals surface area contributed by atoms with Gasteiger partial charge in [-0.3, -0.25) is 0 Å². The number of nitrogens with zero attached hydrogens (tertiary/aromatic N) is 2. The molecule has 1 aliphatic carbocycles. The van der Waals surface area contributed by atoms with E-state index in [1.807, 2.05) is 11.9 Å². The van der Waals surface area contributed by atoms with Gasteiger partial charge in [0.15, 0.2) is 0 Å². The highest BCUT2D eigenvalue weighted by molar-refractivity contribution is 6.35. The maximum absolute atomic E-state index is 11.0. The molecule has 0 radical (unpaired) electrons. The highest BCUT2D eigenvalue weighted by atomic mass is 35.5. The average molecular weight is 255 g/mol. The molecule has 1 saturated carbocycles. The minimum absolute atomic E-state index is 0.113. The number of aromatic carboxylic acids is 1. The Morgan fingerprint density at radius 1 is 1.53 bits per heavy atom. The molecule has 0 saturated heterocycles. The van der Waals surface area contributed by atoms with Crippen LogP contribution in [0.1, 0.15) is 36.0 Å². The largest absolute Gasteiger partial charge is 0.478 e. The van der Waals surface area contributed by atoms with Gasteiger partial charge in [-0.05, 0) is 18.9 Å². The number of aromatic nitrogens is 1. The Hall–Kier alpha value is -1.29. The molecule has 0 unspecified atom stereocenters. The van der Waals surface area contributed by atoms with E-state index in [-0.39, 0.29) is 10.6 Å². The van der Waals surface area contributed by atoms with Crippen molar-refractivity contribution in [2.75, 3.05) is 11.9 Å². The van der Waals surface area contributed by atoms with Crippen LogP contribution in [0.15, 0.2) is 12.3 Å². The van der Waals surface area contributed by atoms with Crippen molar-refractivity contribution in [3.63, 3.8) is 0 Å². The number of hydrogen-bond donors (Lipinski definition) is 1. The zero-order chi connectivity index (χ0) is 12.4. The van der Waals surface area contributed by atoms with Crippen LogP contribution in [0.3, 0.4) is 0 Å². The molecule has 17 heavy (non-hydrogen) atoms. The quantitative estimate of drug-likeness (QED) is 0.901. The Labute approximate surface area is 105 Å². The van der Waals surface area contributed by atoms with Gasteiger partial charge in [-0.15, -0.1) is 0 Å². The standard InChI is InChI=1S/C12H15ClN2O2/c1-15(8-4-2-3-5-8)11-10(13)9(12(16)17)6-7-14-11/h6-8H,2-5H2,1H3,(H,16,17). The summed E-state index contributed by atoms with van der Waals surface area (Å²) in [5.74, 6) is -0.447. The molecular weight excluding hydrogens is 240 g/mol. The van der Waals surface area contributed by atoms with Gasteiger partial charge in [0.2, 0.25) is 0 Å². The van der Waals surface area contributed by atoms with Crippen LogP contribution in [0.2, 0.25) is 5.02 Å². The molecular formula is C12H15ClN2O2. The van der Waals surface area contributed by atoms with Crippen molar-refractivity contribution < 1.29 is 9.90 Å². The summed E-state index contributed by atoms with van der Waals surface area (Å²) in [6.45, 7) is 0. The van der Waals surface area contributed by atoms with Gasteiger partial charge in [-0.25, -0.2) is 9.78 Å². The Bertz CT molecular complexity index is 431. The minimum atomic E-state index is -1.02. The van der Waals surface area contributed by atoms with Crippen molar-refractivity contribution in [3.05, 3.63) is 22.8 Å². The first-order valence-corrected chi connectivity index (χ1v) is 6.09. The molecule has 0 bridgehead atoms. The summed E-state index contributed by atoms with van der Waals surface area (Å²) in [5, 5.41) is 9.24. The van der Waals surface area contributed by atoms with Crippen molar-refractivity contribution in [2.24, 2.45) is 0 Å². The fourth-order valence-corrected chi connectivity index (χ4v) is 2.63. The SMILES string of the molecule is CN(c1nccc(C(=O)O)c1Cl)C1CCCC1. The highest BCUT2D eigenvalue weighted by Crippen LogP contribution is 2.31. The van der Waals surface area contributed by atoms with Gasteiger partial charge in [-0.1, -0.05) is 24.4 Å². The van der Waals surface area contributed by atoms with E-state index in [0.29, 0.717) is 11.9 Å². The lowest BCUT2D eigenvalue weighted by atomic mass is 10.2. The van der Waals surface area contributed by atoms with Crippen molar-refractivity contribution >= 4 is 23.4 Å². The molecule has 0 atom stereocenters. The van der Waals surface area contributed by atoms with Gasteiger partial charge < -0.3 is 10.0 Å². The predicted octanol–water partition coefficient (Wildman–Crippen LogP) is 2.81. The van der Waals surface area contributed by atoms with Gasteiger partial charge in [0.1, 0.15) is 5.82 Å². The summed E-state index contributed by atoms with van der Waals surface area (Å²) in [5.41, 5.74) is 0.113. The van der Waals surface area contributed by atoms with Crippen molar-refractivity contribution in [1.82, 2.24) is 4.98 Å². The fraction of sp³-hybridized carbons (Fsp3) is 0.500. The van der Waals surface area contributed by atoms with E-state index in [4.69, 9.17) is 16.7 Å². The Balaban J connectivity index is 2.31. The van der Waals surface area contributed by atoms with E-state index >= 15 is 0 Å². The summed E-state index contributed by atoms with van der Waals surface area (Å²) in [7, 11) is 1.93. The Kier molecular flexibility index (Phi) is 3.52. The Morgan fingerprint density at radius 2 is 2.18 bits per heavy atom. The van der Waals surface area contributed by atoms with E-state index in [1.54, 1.807) is 0 Å². The maximum Gasteiger partial charge on any atom is 0.337 e. The third-order valence-corrected chi connectivity index (χ3v) is 3.68. The van der Waals surface area contributed by atoms with Gasteiger partial charge in [0.25, 0.3) is 0 Å². The smallest absolute Gasteiger partial charge is 0.337 e. The molecule has 1 aromatic rings. The van der Waals surface area contributed by atoms with Crippen LogP contribution < -0.4 is 4.90 Å². The number of carbonyl (C=O) groups is 1. The van der Waals surface area contributed by atoms with Gasteiger partial charge >= 0.3 is 5.97 Å².